The normalized spacial score (nSPS) is 17.9. The highest BCUT2D eigenvalue weighted by atomic mass is 35.5. The molecule has 0 saturated carbocycles. The van der Waals surface area contributed by atoms with E-state index in [1.165, 1.54) is 11.3 Å². The monoisotopic (exact) mass is 390 g/mol. The van der Waals surface area contributed by atoms with E-state index in [0.29, 0.717) is 18.8 Å². The van der Waals surface area contributed by atoms with Crippen molar-refractivity contribution in [2.24, 2.45) is 0 Å². The van der Waals surface area contributed by atoms with Crippen LogP contribution in [0.25, 0.3) is 0 Å². The molecule has 1 saturated heterocycles. The maximum absolute atomic E-state index is 12.9. The summed E-state index contributed by atoms with van der Waals surface area (Å²) in [6.45, 7) is 0.0488. The van der Waals surface area contributed by atoms with E-state index in [2.05, 4.69) is 0 Å². The minimum absolute atomic E-state index is 0.0931. The first-order valence-corrected chi connectivity index (χ1v) is 8.83. The summed E-state index contributed by atoms with van der Waals surface area (Å²) in [6.07, 6.45) is -2.39. The SMILES string of the molecule is O=C(Cn1cc(C(F)(F)F)cc(Cl)c1=O)N1CCC[C@@H]1c1cccs1. The lowest BCUT2D eigenvalue weighted by Gasteiger charge is -2.24. The number of pyridine rings is 1. The third kappa shape index (κ3) is 3.74. The third-order valence-electron chi connectivity index (χ3n) is 4.12. The Bertz CT molecular complexity index is 833. The number of carbonyl (C=O) groups excluding carboxylic acids is 1. The number of rotatable bonds is 3. The second-order valence-electron chi connectivity index (χ2n) is 5.77. The summed E-state index contributed by atoms with van der Waals surface area (Å²) in [4.78, 5) is 27.2. The van der Waals surface area contributed by atoms with Gasteiger partial charge in [-0.2, -0.15) is 13.2 Å². The first-order valence-electron chi connectivity index (χ1n) is 7.57. The number of nitrogens with zero attached hydrogens (tertiary/aromatic N) is 2. The van der Waals surface area contributed by atoms with Gasteiger partial charge in [-0.15, -0.1) is 11.3 Å². The minimum atomic E-state index is -4.64. The van der Waals surface area contributed by atoms with Crippen LogP contribution in [0, 0.1) is 0 Å². The molecular weight excluding hydrogens is 377 g/mol. The van der Waals surface area contributed by atoms with Gasteiger partial charge in [-0.25, -0.2) is 0 Å². The quantitative estimate of drug-likeness (QED) is 0.796. The summed E-state index contributed by atoms with van der Waals surface area (Å²) in [5, 5.41) is 1.35. The summed E-state index contributed by atoms with van der Waals surface area (Å²) in [5.74, 6) is -0.395. The molecule has 0 aliphatic carbocycles. The van der Waals surface area contributed by atoms with Crippen LogP contribution in [0.2, 0.25) is 5.02 Å². The number of alkyl halides is 3. The van der Waals surface area contributed by atoms with Gasteiger partial charge in [0.25, 0.3) is 5.56 Å². The molecule has 3 rings (SSSR count). The molecule has 3 heterocycles. The summed E-state index contributed by atoms with van der Waals surface area (Å²) >= 11 is 7.15. The number of hydrogen-bond acceptors (Lipinski definition) is 3. The van der Waals surface area contributed by atoms with E-state index < -0.39 is 34.8 Å². The van der Waals surface area contributed by atoms with Crippen LogP contribution in [0.15, 0.2) is 34.6 Å². The average molecular weight is 391 g/mol. The lowest BCUT2D eigenvalue weighted by molar-refractivity contribution is -0.139. The van der Waals surface area contributed by atoms with Crippen LogP contribution in [0.5, 0.6) is 0 Å². The summed E-state index contributed by atoms with van der Waals surface area (Å²) in [5.41, 5.74) is -1.86. The molecular formula is C16H14ClF3N2O2S. The van der Waals surface area contributed by atoms with Crippen LogP contribution in [0.1, 0.15) is 29.3 Å². The molecule has 1 fully saturated rings. The van der Waals surface area contributed by atoms with E-state index in [0.717, 1.165) is 22.3 Å². The highest BCUT2D eigenvalue weighted by Gasteiger charge is 2.34. The van der Waals surface area contributed by atoms with Crippen LogP contribution in [-0.2, 0) is 17.5 Å². The topological polar surface area (TPSA) is 42.3 Å². The van der Waals surface area contributed by atoms with Crippen LogP contribution >= 0.6 is 22.9 Å². The molecule has 2 aromatic rings. The van der Waals surface area contributed by atoms with Crippen molar-refractivity contribution < 1.29 is 18.0 Å². The zero-order chi connectivity index (χ0) is 18.2. The van der Waals surface area contributed by atoms with Crippen molar-refractivity contribution in [1.29, 1.82) is 0 Å². The van der Waals surface area contributed by atoms with E-state index in [1.54, 1.807) is 4.90 Å². The summed E-state index contributed by atoms with van der Waals surface area (Å²) in [6, 6.07) is 4.30. The molecule has 0 aromatic carbocycles. The van der Waals surface area contributed by atoms with Gasteiger partial charge in [-0.3, -0.25) is 9.59 Å². The Labute approximate surface area is 150 Å². The Morgan fingerprint density at radius 3 is 2.80 bits per heavy atom. The first-order chi connectivity index (χ1) is 11.8. The molecule has 25 heavy (non-hydrogen) atoms. The second-order valence-corrected chi connectivity index (χ2v) is 7.15. The fraction of sp³-hybridized carbons (Fsp3) is 0.375. The predicted molar refractivity (Wildman–Crippen MR) is 88.7 cm³/mol. The third-order valence-corrected chi connectivity index (χ3v) is 5.36. The minimum Gasteiger partial charge on any atom is -0.333 e. The van der Waals surface area contributed by atoms with Gasteiger partial charge in [-0.1, -0.05) is 17.7 Å². The lowest BCUT2D eigenvalue weighted by atomic mass is 10.2. The van der Waals surface area contributed by atoms with Crippen LogP contribution in [-0.4, -0.2) is 21.9 Å². The molecule has 2 aromatic heterocycles. The van der Waals surface area contributed by atoms with Crippen molar-refractivity contribution in [2.75, 3.05) is 6.54 Å². The molecule has 1 aliphatic rings. The van der Waals surface area contributed by atoms with Gasteiger partial charge in [0.05, 0.1) is 11.6 Å². The summed E-state index contributed by atoms with van der Waals surface area (Å²) < 4.78 is 39.4. The van der Waals surface area contributed by atoms with Gasteiger partial charge in [-0.05, 0) is 30.4 Å². The zero-order valence-electron chi connectivity index (χ0n) is 12.9. The van der Waals surface area contributed by atoms with Crippen molar-refractivity contribution in [1.82, 2.24) is 9.47 Å². The van der Waals surface area contributed by atoms with Crippen LogP contribution < -0.4 is 5.56 Å². The van der Waals surface area contributed by atoms with Crippen LogP contribution in [0.4, 0.5) is 13.2 Å². The zero-order valence-corrected chi connectivity index (χ0v) is 14.5. The Hall–Kier alpha value is -1.80. The molecule has 9 heteroatoms. The van der Waals surface area contributed by atoms with Crippen molar-refractivity contribution in [3.63, 3.8) is 0 Å². The average Bonchev–Trinajstić information content (AvgIpc) is 3.20. The number of likely N-dealkylation sites (tertiary alicyclic amines) is 1. The van der Waals surface area contributed by atoms with Crippen molar-refractivity contribution >= 4 is 28.8 Å². The maximum atomic E-state index is 12.9. The largest absolute Gasteiger partial charge is 0.417 e. The number of hydrogen-bond donors (Lipinski definition) is 0. The molecule has 1 amide bonds. The van der Waals surface area contributed by atoms with E-state index in [-0.39, 0.29) is 6.04 Å². The highest BCUT2D eigenvalue weighted by Crippen LogP contribution is 2.35. The Morgan fingerprint density at radius 1 is 1.40 bits per heavy atom. The van der Waals surface area contributed by atoms with Gasteiger partial charge < -0.3 is 9.47 Å². The van der Waals surface area contributed by atoms with E-state index in [4.69, 9.17) is 11.6 Å². The number of carbonyl (C=O) groups is 1. The van der Waals surface area contributed by atoms with Crippen molar-refractivity contribution in [2.45, 2.75) is 31.6 Å². The lowest BCUT2D eigenvalue weighted by Crippen LogP contribution is -2.36. The molecule has 0 unspecified atom stereocenters. The predicted octanol–water partition coefficient (Wildman–Crippen LogP) is 3.95. The first kappa shape index (κ1) is 18.0. The van der Waals surface area contributed by atoms with E-state index >= 15 is 0 Å². The van der Waals surface area contributed by atoms with E-state index in [1.807, 2.05) is 17.5 Å². The molecule has 1 aliphatic heterocycles. The number of halogens is 4. The molecule has 4 nitrogen and oxygen atoms in total. The number of thiophene rings is 1. The Morgan fingerprint density at radius 2 is 2.16 bits per heavy atom. The van der Waals surface area contributed by atoms with Gasteiger partial charge in [0, 0.05) is 17.6 Å². The number of amides is 1. The molecule has 0 radical (unpaired) electrons. The van der Waals surface area contributed by atoms with Crippen molar-refractivity contribution in [3.8, 4) is 0 Å². The summed E-state index contributed by atoms with van der Waals surface area (Å²) in [7, 11) is 0. The fourth-order valence-corrected chi connectivity index (χ4v) is 4.05. The molecule has 0 spiro atoms. The number of aromatic nitrogens is 1. The molecule has 1 atom stereocenters. The standard InChI is InChI=1S/C16H14ClF3N2O2S/c17-11-7-10(16(18,19)20)8-21(15(11)24)9-14(23)22-5-1-3-12(22)13-4-2-6-25-13/h2,4,6-8,12H,1,3,5,9H2/t12-/m1/s1. The smallest absolute Gasteiger partial charge is 0.333 e. The van der Waals surface area contributed by atoms with Crippen molar-refractivity contribution in [3.05, 3.63) is 55.6 Å². The molecule has 134 valence electrons. The molecule has 0 N–H and O–H groups in total. The van der Waals surface area contributed by atoms with Gasteiger partial charge in [0.1, 0.15) is 11.6 Å². The molecule has 0 bridgehead atoms. The maximum Gasteiger partial charge on any atom is 0.417 e. The van der Waals surface area contributed by atoms with Gasteiger partial charge >= 0.3 is 6.18 Å². The second kappa shape index (κ2) is 6.84. The van der Waals surface area contributed by atoms with Gasteiger partial charge in [0.2, 0.25) is 5.91 Å². The fourth-order valence-electron chi connectivity index (χ4n) is 2.95. The van der Waals surface area contributed by atoms with E-state index in [9.17, 15) is 22.8 Å². The van der Waals surface area contributed by atoms with Gasteiger partial charge in [0.15, 0.2) is 0 Å². The Kier molecular flexibility index (Phi) is 4.92. The highest BCUT2D eigenvalue weighted by molar-refractivity contribution is 7.10. The van der Waals surface area contributed by atoms with Crippen LogP contribution in [0.3, 0.4) is 0 Å². The Balaban J connectivity index is 1.86.